The lowest BCUT2D eigenvalue weighted by Crippen LogP contribution is -2.16. The molecule has 1 amide bonds. The van der Waals surface area contributed by atoms with Crippen LogP contribution in [0.4, 0.5) is 5.00 Å². The van der Waals surface area contributed by atoms with Crippen molar-refractivity contribution in [1.82, 2.24) is 14.8 Å². The van der Waals surface area contributed by atoms with Crippen LogP contribution in [0.2, 0.25) is 0 Å². The topological polar surface area (TPSA) is 95.3 Å². The highest BCUT2D eigenvalue weighted by Gasteiger charge is 2.20. The highest BCUT2D eigenvalue weighted by molar-refractivity contribution is 7.99. The fourth-order valence-electron chi connectivity index (χ4n) is 2.95. The van der Waals surface area contributed by atoms with Gasteiger partial charge in [0.1, 0.15) is 10.8 Å². The molecule has 0 aliphatic rings. The fourth-order valence-corrected chi connectivity index (χ4v) is 4.46. The Morgan fingerprint density at radius 1 is 1.26 bits per heavy atom. The molecule has 0 bridgehead atoms. The van der Waals surface area contributed by atoms with Crippen molar-refractivity contribution < 1.29 is 19.1 Å². The molecule has 10 heteroatoms. The van der Waals surface area contributed by atoms with Gasteiger partial charge in [-0.3, -0.25) is 4.79 Å². The van der Waals surface area contributed by atoms with Crippen molar-refractivity contribution in [2.45, 2.75) is 32.0 Å². The molecule has 31 heavy (non-hydrogen) atoms. The lowest BCUT2D eigenvalue weighted by Gasteiger charge is -2.16. The number of aromatic nitrogens is 3. The Morgan fingerprint density at radius 3 is 2.74 bits per heavy atom. The number of ether oxygens (including phenoxy) is 2. The molecule has 1 aromatic carbocycles. The van der Waals surface area contributed by atoms with Gasteiger partial charge in [-0.25, -0.2) is 4.79 Å². The second-order valence-corrected chi connectivity index (χ2v) is 8.78. The molecule has 0 saturated carbocycles. The van der Waals surface area contributed by atoms with Gasteiger partial charge >= 0.3 is 5.97 Å². The minimum absolute atomic E-state index is 0.122. The molecule has 0 radical (unpaired) electrons. The Hall–Kier alpha value is -2.85. The van der Waals surface area contributed by atoms with Crippen LogP contribution in [0.3, 0.4) is 0 Å². The monoisotopic (exact) mass is 460 g/mol. The van der Waals surface area contributed by atoms with Crippen molar-refractivity contribution >= 4 is 40.0 Å². The number of amides is 1. The van der Waals surface area contributed by atoms with Crippen LogP contribution in [0, 0.1) is 13.8 Å². The number of thiophene rings is 1. The predicted octanol–water partition coefficient (Wildman–Crippen LogP) is 4.15. The number of nitrogens with one attached hydrogen (secondary N) is 1. The zero-order valence-corrected chi connectivity index (χ0v) is 19.6. The zero-order chi connectivity index (χ0) is 22.5. The Balaban J connectivity index is 1.60. The summed E-state index contributed by atoms with van der Waals surface area (Å²) in [4.78, 5) is 24.1. The molecule has 2 aromatic heterocycles. The minimum atomic E-state index is -0.486. The number of hydrogen-bond acceptors (Lipinski definition) is 8. The first-order valence-electron chi connectivity index (χ1n) is 9.51. The molecule has 1 atom stereocenters. The Morgan fingerprint density at radius 2 is 2.03 bits per heavy atom. The summed E-state index contributed by atoms with van der Waals surface area (Å²) in [5.74, 6) is 0.847. The molecule has 8 nitrogen and oxygen atoms in total. The van der Waals surface area contributed by atoms with E-state index in [0.29, 0.717) is 21.5 Å². The number of rotatable bonds is 8. The van der Waals surface area contributed by atoms with Crippen LogP contribution in [-0.2, 0) is 16.6 Å². The number of esters is 1. The molecule has 1 unspecified atom stereocenters. The highest BCUT2D eigenvalue weighted by atomic mass is 32.2. The van der Waals surface area contributed by atoms with Gasteiger partial charge in [0, 0.05) is 7.05 Å². The van der Waals surface area contributed by atoms with Gasteiger partial charge in [0.05, 0.1) is 18.4 Å². The Labute approximate surface area is 189 Å². The number of anilines is 1. The van der Waals surface area contributed by atoms with Gasteiger partial charge in [-0.1, -0.05) is 29.5 Å². The molecule has 1 N–H and O–H groups in total. The van der Waals surface area contributed by atoms with Crippen LogP contribution in [0.25, 0.3) is 0 Å². The van der Waals surface area contributed by atoms with Crippen LogP contribution in [0.15, 0.2) is 34.8 Å². The normalized spacial score (nSPS) is 11.8. The van der Waals surface area contributed by atoms with Crippen LogP contribution in [0.1, 0.15) is 40.3 Å². The molecule has 0 fully saturated rings. The van der Waals surface area contributed by atoms with E-state index >= 15 is 0 Å². The summed E-state index contributed by atoms with van der Waals surface area (Å²) < 4.78 is 12.6. The summed E-state index contributed by atoms with van der Waals surface area (Å²) >= 11 is 2.52. The third-order valence-corrected chi connectivity index (χ3v) is 6.37. The van der Waals surface area contributed by atoms with Gasteiger partial charge in [-0.2, -0.15) is 0 Å². The SMILES string of the molecule is COC(=O)c1ccsc1NC(=O)CSc1nnc(C(C)Oc2ccc(C)cc2C)n1C. The number of nitrogens with zero attached hydrogens (tertiary/aromatic N) is 3. The largest absolute Gasteiger partial charge is 0.482 e. The van der Waals surface area contributed by atoms with Gasteiger partial charge in [0.15, 0.2) is 17.1 Å². The van der Waals surface area contributed by atoms with Gasteiger partial charge < -0.3 is 19.4 Å². The third-order valence-electron chi connectivity index (χ3n) is 4.52. The molecule has 3 rings (SSSR count). The molecule has 0 saturated heterocycles. The van der Waals surface area contributed by atoms with E-state index in [-0.39, 0.29) is 17.8 Å². The highest BCUT2D eigenvalue weighted by Crippen LogP contribution is 2.27. The average Bonchev–Trinajstić information content (AvgIpc) is 3.34. The summed E-state index contributed by atoms with van der Waals surface area (Å²) in [7, 11) is 3.14. The number of carbonyl (C=O) groups excluding carboxylic acids is 2. The van der Waals surface area contributed by atoms with Crippen molar-refractivity contribution in [3.05, 3.63) is 52.2 Å². The number of aryl methyl sites for hydroxylation is 2. The van der Waals surface area contributed by atoms with Gasteiger partial charge in [-0.15, -0.1) is 21.5 Å². The molecule has 0 spiro atoms. The lowest BCUT2D eigenvalue weighted by molar-refractivity contribution is -0.113. The first kappa shape index (κ1) is 22.8. The summed E-state index contributed by atoms with van der Waals surface area (Å²) in [6.07, 6.45) is -0.309. The standard InChI is InChI=1S/C21H24N4O4S2/c1-12-6-7-16(13(2)10-12)29-14(3)18-23-24-21(25(18)4)31-11-17(26)22-19-15(8-9-30-19)20(27)28-5/h6-10,14H,11H2,1-5H3,(H,22,26). The van der Waals surface area contributed by atoms with Gasteiger partial charge in [0.25, 0.3) is 0 Å². The maximum absolute atomic E-state index is 12.3. The minimum Gasteiger partial charge on any atom is -0.482 e. The molecular formula is C21H24N4O4S2. The number of carbonyl (C=O) groups is 2. The molecule has 0 aliphatic heterocycles. The van der Waals surface area contributed by atoms with Crippen molar-refractivity contribution in [2.75, 3.05) is 18.2 Å². The van der Waals surface area contributed by atoms with E-state index < -0.39 is 5.97 Å². The van der Waals surface area contributed by atoms with Gasteiger partial charge in [0.2, 0.25) is 5.91 Å². The number of methoxy groups -OCH3 is 1. The Kier molecular flexibility index (Phi) is 7.34. The molecular weight excluding hydrogens is 436 g/mol. The van der Waals surface area contributed by atoms with Crippen LogP contribution in [-0.4, -0.2) is 39.5 Å². The number of hydrogen-bond donors (Lipinski definition) is 1. The fraction of sp³-hybridized carbons (Fsp3) is 0.333. The van der Waals surface area contributed by atoms with Crippen LogP contribution < -0.4 is 10.1 Å². The molecule has 0 aliphatic carbocycles. The third kappa shape index (κ3) is 5.45. The summed E-state index contributed by atoms with van der Waals surface area (Å²) in [5, 5.41) is 14.0. The first-order valence-corrected chi connectivity index (χ1v) is 11.4. The summed E-state index contributed by atoms with van der Waals surface area (Å²) in [6.45, 7) is 5.96. The van der Waals surface area contributed by atoms with Crippen molar-refractivity contribution in [3.8, 4) is 5.75 Å². The van der Waals surface area contributed by atoms with E-state index in [1.54, 1.807) is 11.4 Å². The van der Waals surface area contributed by atoms with Crippen molar-refractivity contribution in [3.63, 3.8) is 0 Å². The van der Waals surface area contributed by atoms with E-state index in [1.165, 1.54) is 35.8 Å². The Bertz CT molecular complexity index is 1090. The number of thioether (sulfide) groups is 1. The van der Waals surface area contributed by atoms with E-state index in [0.717, 1.165) is 11.3 Å². The van der Waals surface area contributed by atoms with Crippen molar-refractivity contribution in [2.24, 2.45) is 7.05 Å². The maximum atomic E-state index is 12.3. The van der Waals surface area contributed by atoms with Gasteiger partial charge in [-0.05, 0) is 43.8 Å². The zero-order valence-electron chi connectivity index (χ0n) is 18.0. The average molecular weight is 461 g/mol. The van der Waals surface area contributed by atoms with E-state index in [2.05, 4.69) is 21.6 Å². The summed E-state index contributed by atoms with van der Waals surface area (Å²) in [6, 6.07) is 7.64. The quantitative estimate of drug-likeness (QED) is 0.398. The predicted molar refractivity (Wildman–Crippen MR) is 121 cm³/mol. The van der Waals surface area contributed by atoms with E-state index in [1.807, 2.05) is 44.5 Å². The second kappa shape index (κ2) is 9.97. The maximum Gasteiger partial charge on any atom is 0.340 e. The van der Waals surface area contributed by atoms with E-state index in [4.69, 9.17) is 9.47 Å². The molecule has 164 valence electrons. The number of benzene rings is 1. The lowest BCUT2D eigenvalue weighted by atomic mass is 10.1. The smallest absolute Gasteiger partial charge is 0.340 e. The van der Waals surface area contributed by atoms with E-state index in [9.17, 15) is 9.59 Å². The van der Waals surface area contributed by atoms with Crippen LogP contribution >= 0.6 is 23.1 Å². The molecule has 2 heterocycles. The second-order valence-electron chi connectivity index (χ2n) is 6.92. The van der Waals surface area contributed by atoms with Crippen molar-refractivity contribution in [1.29, 1.82) is 0 Å². The summed E-state index contributed by atoms with van der Waals surface area (Å²) in [5.41, 5.74) is 2.57. The first-order chi connectivity index (χ1) is 14.8. The van der Waals surface area contributed by atoms with Crippen LogP contribution in [0.5, 0.6) is 5.75 Å². The molecule has 3 aromatic rings.